The molecular weight excluding hydrogens is 344 g/mol. The Bertz CT molecular complexity index is 490. The van der Waals surface area contributed by atoms with Crippen molar-refractivity contribution in [2.75, 3.05) is 26.2 Å². The summed E-state index contributed by atoms with van der Waals surface area (Å²) in [5.74, 6) is -0.752. The van der Waals surface area contributed by atoms with E-state index in [4.69, 9.17) is 16.7 Å². The monoisotopic (exact) mass is 360 g/mol. The molecule has 0 saturated carbocycles. The molecule has 1 aliphatic heterocycles. The molecule has 0 bridgehead atoms. The predicted octanol–water partition coefficient (Wildman–Crippen LogP) is 2.69. The Morgan fingerprint density at radius 2 is 2.05 bits per heavy atom. The summed E-state index contributed by atoms with van der Waals surface area (Å²) in [5, 5.41) is 9.74. The normalized spacial score (nSPS) is 18.9. The zero-order chi connectivity index (χ0) is 14.7. The van der Waals surface area contributed by atoms with Gasteiger partial charge in [-0.2, -0.15) is 0 Å². The van der Waals surface area contributed by atoms with Gasteiger partial charge in [0.2, 0.25) is 0 Å². The molecule has 4 nitrogen and oxygen atoms in total. The summed E-state index contributed by atoms with van der Waals surface area (Å²) in [6.45, 7) is 5.93. The van der Waals surface area contributed by atoms with Crippen LogP contribution in [0, 0.1) is 0 Å². The number of carboxylic acids is 1. The van der Waals surface area contributed by atoms with Crippen molar-refractivity contribution in [3.8, 4) is 0 Å². The van der Waals surface area contributed by atoms with Gasteiger partial charge in [0.25, 0.3) is 0 Å². The van der Waals surface area contributed by atoms with Crippen molar-refractivity contribution in [2.45, 2.75) is 19.5 Å². The molecule has 1 atom stereocenters. The summed E-state index contributed by atoms with van der Waals surface area (Å²) in [7, 11) is 0. The standard InChI is InChI=1S/C14H18BrClN2O2/c1-10(14(19)20)18-6-4-17(5-7-18)9-11-2-3-12(15)13(16)8-11/h2-3,8,10H,4-7,9H2,1H3,(H,19,20). The summed E-state index contributed by atoms with van der Waals surface area (Å²) in [4.78, 5) is 15.3. The summed E-state index contributed by atoms with van der Waals surface area (Å²) in [6.07, 6.45) is 0. The van der Waals surface area contributed by atoms with Gasteiger partial charge in [-0.3, -0.25) is 14.6 Å². The zero-order valence-corrected chi connectivity index (χ0v) is 13.7. The third kappa shape index (κ3) is 3.95. The molecule has 1 fully saturated rings. The molecule has 110 valence electrons. The number of carboxylic acid groups (broad SMARTS) is 1. The first-order valence-corrected chi connectivity index (χ1v) is 7.77. The molecule has 1 aromatic rings. The minimum Gasteiger partial charge on any atom is -0.480 e. The average molecular weight is 362 g/mol. The van der Waals surface area contributed by atoms with Gasteiger partial charge in [-0.25, -0.2) is 0 Å². The van der Waals surface area contributed by atoms with Crippen LogP contribution in [-0.4, -0.2) is 53.1 Å². The smallest absolute Gasteiger partial charge is 0.320 e. The summed E-state index contributed by atoms with van der Waals surface area (Å²) >= 11 is 9.48. The Morgan fingerprint density at radius 3 is 2.60 bits per heavy atom. The van der Waals surface area contributed by atoms with Crippen LogP contribution in [0.2, 0.25) is 5.02 Å². The third-order valence-corrected chi connectivity index (χ3v) is 4.93. The lowest BCUT2D eigenvalue weighted by Gasteiger charge is -2.36. The van der Waals surface area contributed by atoms with Crippen LogP contribution >= 0.6 is 27.5 Å². The molecule has 2 rings (SSSR count). The first kappa shape index (κ1) is 15.8. The van der Waals surface area contributed by atoms with Crippen molar-refractivity contribution in [2.24, 2.45) is 0 Å². The molecule has 0 radical (unpaired) electrons. The zero-order valence-electron chi connectivity index (χ0n) is 11.4. The second kappa shape index (κ2) is 6.89. The summed E-state index contributed by atoms with van der Waals surface area (Å²) < 4.78 is 0.906. The number of halogens is 2. The van der Waals surface area contributed by atoms with Crippen molar-refractivity contribution in [1.82, 2.24) is 9.80 Å². The molecule has 0 aromatic heterocycles. The largest absolute Gasteiger partial charge is 0.480 e. The van der Waals surface area contributed by atoms with E-state index in [1.807, 2.05) is 17.0 Å². The highest BCUT2D eigenvalue weighted by molar-refractivity contribution is 9.10. The van der Waals surface area contributed by atoms with Crippen LogP contribution in [0.4, 0.5) is 0 Å². The van der Waals surface area contributed by atoms with E-state index in [2.05, 4.69) is 26.9 Å². The third-order valence-electron chi connectivity index (χ3n) is 3.70. The van der Waals surface area contributed by atoms with Gasteiger partial charge in [0.15, 0.2) is 0 Å². The van der Waals surface area contributed by atoms with Crippen molar-refractivity contribution < 1.29 is 9.90 Å². The number of carbonyl (C=O) groups is 1. The van der Waals surface area contributed by atoms with Crippen LogP contribution in [0.15, 0.2) is 22.7 Å². The second-order valence-corrected chi connectivity index (χ2v) is 6.34. The topological polar surface area (TPSA) is 43.8 Å². The maximum absolute atomic E-state index is 11.0. The fourth-order valence-electron chi connectivity index (χ4n) is 2.36. The SMILES string of the molecule is CC(C(=O)O)N1CCN(Cc2ccc(Br)c(Cl)c2)CC1. The number of hydrogen-bond acceptors (Lipinski definition) is 3. The highest BCUT2D eigenvalue weighted by atomic mass is 79.9. The van der Waals surface area contributed by atoms with Crippen LogP contribution in [-0.2, 0) is 11.3 Å². The fourth-order valence-corrected chi connectivity index (χ4v) is 2.81. The van der Waals surface area contributed by atoms with E-state index in [9.17, 15) is 4.79 Å². The van der Waals surface area contributed by atoms with Crippen LogP contribution in [0.3, 0.4) is 0 Å². The molecule has 1 aromatic carbocycles. The predicted molar refractivity (Wildman–Crippen MR) is 83.1 cm³/mol. The van der Waals surface area contributed by atoms with Gasteiger partial charge in [0.05, 0.1) is 5.02 Å². The maximum atomic E-state index is 11.0. The fraction of sp³-hybridized carbons (Fsp3) is 0.500. The molecule has 1 N–H and O–H groups in total. The number of nitrogens with zero attached hydrogens (tertiary/aromatic N) is 2. The Labute approximate surface area is 132 Å². The summed E-state index contributed by atoms with van der Waals surface area (Å²) in [6, 6.07) is 5.58. The number of aliphatic carboxylic acids is 1. The number of benzene rings is 1. The molecular formula is C14H18BrClN2O2. The van der Waals surface area contributed by atoms with Crippen molar-refractivity contribution in [3.63, 3.8) is 0 Å². The first-order valence-electron chi connectivity index (χ1n) is 6.60. The molecule has 1 saturated heterocycles. The number of hydrogen-bond donors (Lipinski definition) is 1. The molecule has 0 amide bonds. The molecule has 1 aliphatic rings. The van der Waals surface area contributed by atoms with Crippen LogP contribution < -0.4 is 0 Å². The van der Waals surface area contributed by atoms with E-state index >= 15 is 0 Å². The second-order valence-electron chi connectivity index (χ2n) is 5.07. The van der Waals surface area contributed by atoms with Crippen molar-refractivity contribution in [3.05, 3.63) is 33.3 Å². The number of rotatable bonds is 4. The molecule has 6 heteroatoms. The lowest BCUT2D eigenvalue weighted by atomic mass is 10.2. The number of piperazine rings is 1. The maximum Gasteiger partial charge on any atom is 0.320 e. The van der Waals surface area contributed by atoms with Gasteiger partial charge in [0, 0.05) is 37.2 Å². The highest BCUT2D eigenvalue weighted by Crippen LogP contribution is 2.24. The average Bonchev–Trinajstić information content (AvgIpc) is 2.43. The van der Waals surface area contributed by atoms with Gasteiger partial charge in [0.1, 0.15) is 6.04 Å². The first-order chi connectivity index (χ1) is 9.47. The van der Waals surface area contributed by atoms with E-state index < -0.39 is 12.0 Å². The van der Waals surface area contributed by atoms with Crippen LogP contribution in [0.5, 0.6) is 0 Å². The van der Waals surface area contributed by atoms with Crippen molar-refractivity contribution in [1.29, 1.82) is 0 Å². The Hall–Kier alpha value is -0.620. The van der Waals surface area contributed by atoms with Gasteiger partial charge in [-0.05, 0) is 40.5 Å². The highest BCUT2D eigenvalue weighted by Gasteiger charge is 2.24. The van der Waals surface area contributed by atoms with Gasteiger partial charge in [-0.1, -0.05) is 17.7 Å². The van der Waals surface area contributed by atoms with Crippen LogP contribution in [0.25, 0.3) is 0 Å². The Balaban J connectivity index is 1.88. The molecule has 1 heterocycles. The van der Waals surface area contributed by atoms with E-state index in [1.54, 1.807) is 6.92 Å². The quantitative estimate of drug-likeness (QED) is 0.895. The summed E-state index contributed by atoms with van der Waals surface area (Å²) in [5.41, 5.74) is 1.18. The molecule has 20 heavy (non-hydrogen) atoms. The van der Waals surface area contributed by atoms with E-state index in [0.717, 1.165) is 42.2 Å². The molecule has 0 aliphatic carbocycles. The van der Waals surface area contributed by atoms with Gasteiger partial charge in [-0.15, -0.1) is 0 Å². The lowest BCUT2D eigenvalue weighted by Crippen LogP contribution is -2.51. The molecule has 1 unspecified atom stereocenters. The van der Waals surface area contributed by atoms with E-state index in [0.29, 0.717) is 0 Å². The minimum atomic E-state index is -0.752. The minimum absolute atomic E-state index is 0.403. The Morgan fingerprint density at radius 1 is 1.40 bits per heavy atom. The van der Waals surface area contributed by atoms with Gasteiger partial charge >= 0.3 is 5.97 Å². The lowest BCUT2D eigenvalue weighted by molar-refractivity contribution is -0.143. The van der Waals surface area contributed by atoms with Gasteiger partial charge < -0.3 is 5.11 Å². The van der Waals surface area contributed by atoms with Crippen LogP contribution in [0.1, 0.15) is 12.5 Å². The van der Waals surface area contributed by atoms with Crippen molar-refractivity contribution >= 4 is 33.5 Å². The Kier molecular flexibility index (Phi) is 5.43. The molecule has 0 spiro atoms. The van der Waals surface area contributed by atoms with E-state index in [1.165, 1.54) is 5.56 Å². The van der Waals surface area contributed by atoms with E-state index in [-0.39, 0.29) is 0 Å².